The first-order valence-electron chi connectivity index (χ1n) is 19.8. The molecule has 1 aliphatic rings. The fourth-order valence-corrected chi connectivity index (χ4v) is 14.6. The van der Waals surface area contributed by atoms with Crippen LogP contribution in [0.25, 0.3) is 63.5 Å². The maximum Gasteiger partial charge on any atom is 0.303 e. The zero-order valence-corrected chi connectivity index (χ0v) is 38.1. The molecule has 60 heavy (non-hydrogen) atoms. The Labute approximate surface area is 370 Å². The quantitative estimate of drug-likeness (QED) is 0.102. The van der Waals surface area contributed by atoms with Gasteiger partial charge in [0.1, 0.15) is 23.1 Å². The van der Waals surface area contributed by atoms with E-state index in [1.807, 2.05) is 24.3 Å². The van der Waals surface area contributed by atoms with Gasteiger partial charge in [-0.2, -0.15) is 0 Å². The van der Waals surface area contributed by atoms with Gasteiger partial charge in [-0.05, 0) is 93.4 Å². The highest BCUT2D eigenvalue weighted by Crippen LogP contribution is 2.46. The molecule has 14 heteroatoms. The summed E-state index contributed by atoms with van der Waals surface area (Å²) in [6, 6.07) is 24.6. The zero-order valence-electron chi connectivity index (χ0n) is 33.2. The number of amides is 1. The van der Waals surface area contributed by atoms with E-state index >= 15 is 0 Å². The lowest BCUT2D eigenvalue weighted by atomic mass is 9.91. The summed E-state index contributed by atoms with van der Waals surface area (Å²) in [5, 5.41) is 16.7. The van der Waals surface area contributed by atoms with Crippen LogP contribution in [0.3, 0.4) is 0 Å². The number of thiophene rings is 2. The van der Waals surface area contributed by atoms with Crippen LogP contribution < -0.4 is 20.3 Å². The number of carboxylic acid groups (broad SMARTS) is 1. The molecule has 0 saturated carbocycles. The summed E-state index contributed by atoms with van der Waals surface area (Å²) in [5.74, 6) is -1.28. The lowest BCUT2D eigenvalue weighted by Crippen LogP contribution is -2.32. The molecular formula is C46H39N3O5S6. The van der Waals surface area contributed by atoms with Gasteiger partial charge in [-0.1, -0.05) is 98.8 Å². The number of aromatic nitrogens is 2. The van der Waals surface area contributed by atoms with E-state index < -0.39 is 5.97 Å². The molecule has 0 radical (unpaired) electrons. The fourth-order valence-electron chi connectivity index (χ4n) is 8.12. The number of thiocarbonyl (C=S) groups is 1. The van der Waals surface area contributed by atoms with Gasteiger partial charge >= 0.3 is 5.97 Å². The molecule has 1 amide bonds. The van der Waals surface area contributed by atoms with E-state index in [4.69, 9.17) is 17.3 Å². The van der Waals surface area contributed by atoms with Crippen LogP contribution >= 0.6 is 69.3 Å². The molecule has 0 bridgehead atoms. The average Bonchev–Trinajstić information content (AvgIpc) is 4.05. The van der Waals surface area contributed by atoms with Crippen molar-refractivity contribution in [1.29, 1.82) is 0 Å². The number of nitrogens with zero attached hydrogens (tertiary/aromatic N) is 3. The van der Waals surface area contributed by atoms with Gasteiger partial charge in [0.05, 0.1) is 4.53 Å². The Morgan fingerprint density at radius 1 is 0.817 bits per heavy atom. The second-order valence-corrected chi connectivity index (χ2v) is 20.6. The summed E-state index contributed by atoms with van der Waals surface area (Å²) in [7, 11) is 1.69. The Bertz CT molecular complexity index is 3400. The molecule has 0 aliphatic carbocycles. The van der Waals surface area contributed by atoms with E-state index in [1.54, 1.807) is 23.0 Å². The number of hydrogen-bond donors (Lipinski definition) is 1. The number of aliphatic carboxylic acids is 1. The van der Waals surface area contributed by atoms with Crippen molar-refractivity contribution in [2.75, 3.05) is 6.54 Å². The second-order valence-electron chi connectivity index (χ2n) is 14.8. The molecule has 9 rings (SSSR count). The van der Waals surface area contributed by atoms with Gasteiger partial charge in [0, 0.05) is 46.1 Å². The van der Waals surface area contributed by atoms with Gasteiger partial charge < -0.3 is 9.67 Å². The van der Waals surface area contributed by atoms with Gasteiger partial charge in [0.15, 0.2) is 0 Å². The second kappa shape index (κ2) is 16.3. The van der Waals surface area contributed by atoms with Gasteiger partial charge in [-0.15, -0.1) is 45.3 Å². The van der Waals surface area contributed by atoms with Gasteiger partial charge in [-0.3, -0.25) is 28.6 Å². The van der Waals surface area contributed by atoms with Gasteiger partial charge in [0.2, 0.25) is 0 Å². The minimum atomic E-state index is -0.940. The van der Waals surface area contributed by atoms with Crippen LogP contribution in [0.4, 0.5) is 0 Å². The molecule has 0 unspecified atom stereocenters. The first-order valence-corrected chi connectivity index (χ1v) is 24.3. The molecule has 8 nitrogen and oxygen atoms in total. The van der Waals surface area contributed by atoms with Crippen LogP contribution in [-0.2, 0) is 36.0 Å². The van der Waals surface area contributed by atoms with Crippen molar-refractivity contribution in [3.8, 4) is 20.2 Å². The van der Waals surface area contributed by atoms with Crippen LogP contribution in [0.1, 0.15) is 56.0 Å². The lowest BCUT2D eigenvalue weighted by Gasteiger charge is -2.14. The average molecular weight is 906 g/mol. The maximum absolute atomic E-state index is 14.0. The SMILES string of the molecule is CCCc1cc(-c2cc(CC)c(-c3ccc4ccc5cccc6ccc3c4c56)s2)sc1/C=c1/s/c(=c2\s/c(=C3\SC(=S)N(CCCC(=O)O)C3=O)n(CC)c2=O)n(C)c1=O. The normalized spacial score (nSPS) is 15.3. The van der Waals surface area contributed by atoms with E-state index in [9.17, 15) is 19.2 Å². The fraction of sp³-hybridized carbons (Fsp3) is 0.239. The van der Waals surface area contributed by atoms with Crippen molar-refractivity contribution >= 4 is 129 Å². The Hall–Kier alpha value is -4.70. The Balaban J connectivity index is 1.14. The highest BCUT2D eigenvalue weighted by Gasteiger charge is 2.34. The molecule has 304 valence electrons. The Morgan fingerprint density at radius 3 is 2.23 bits per heavy atom. The summed E-state index contributed by atoms with van der Waals surface area (Å²) >= 11 is 12.6. The number of benzene rings is 4. The van der Waals surface area contributed by atoms with Crippen molar-refractivity contribution < 1.29 is 14.7 Å². The minimum absolute atomic E-state index is 0.0775. The molecular weight excluding hydrogens is 867 g/mol. The summed E-state index contributed by atoms with van der Waals surface area (Å²) in [5.41, 5.74) is 3.30. The first kappa shape index (κ1) is 40.7. The molecule has 5 heterocycles. The van der Waals surface area contributed by atoms with Gasteiger partial charge in [0.25, 0.3) is 17.0 Å². The molecule has 1 aliphatic heterocycles. The number of thioether (sulfide) groups is 1. The Kier molecular flexibility index (Phi) is 11.1. The van der Waals surface area contributed by atoms with Crippen LogP contribution in [0.5, 0.6) is 0 Å². The molecule has 8 aromatic rings. The number of aryl methyl sites for hydroxylation is 2. The van der Waals surface area contributed by atoms with Crippen molar-refractivity contribution in [2.24, 2.45) is 7.05 Å². The number of carbonyl (C=O) groups excluding carboxylic acids is 1. The minimum Gasteiger partial charge on any atom is -0.481 e. The van der Waals surface area contributed by atoms with Crippen molar-refractivity contribution in [2.45, 2.75) is 59.4 Å². The topological polar surface area (TPSA) is 102 Å². The third kappa shape index (κ3) is 6.91. The zero-order chi connectivity index (χ0) is 42.0. The molecule has 1 N–H and O–H groups in total. The summed E-state index contributed by atoms with van der Waals surface area (Å²) in [6.45, 7) is 6.74. The standard InChI is InChI=1S/C46H39N3O5S6/c1-5-10-28-22-32(33-21-24(6-2)38(57-33)30-19-17-27-15-14-25-11-8-12-26-16-18-29(30)37(27)36(25)26)56-31(28)23-34-41(52)47(4)44(58-34)39-42(53)48(7-3)45(59-39)40-43(54)49(46(55)60-40)20-9-13-35(50)51/h8,11-12,14-19,21-23H,5-7,9-10,13,20H2,1-4H3,(H,50,51)/b34-23+,44-39-,45-40-. The number of carbonyl (C=O) groups is 2. The number of thiazole rings is 2. The van der Waals surface area contributed by atoms with E-state index in [0.717, 1.165) is 35.9 Å². The number of carboxylic acids is 1. The van der Waals surface area contributed by atoms with E-state index in [2.05, 4.69) is 80.6 Å². The van der Waals surface area contributed by atoms with E-state index in [1.165, 1.54) is 95.8 Å². The molecule has 4 aromatic heterocycles. The van der Waals surface area contributed by atoms with Crippen LogP contribution in [0.15, 0.2) is 76.3 Å². The number of hydrogen-bond acceptors (Lipinski definition) is 10. The highest BCUT2D eigenvalue weighted by atomic mass is 32.2. The molecule has 0 atom stereocenters. The van der Waals surface area contributed by atoms with E-state index in [-0.39, 0.29) is 36.4 Å². The smallest absolute Gasteiger partial charge is 0.303 e. The van der Waals surface area contributed by atoms with Crippen LogP contribution in [0, 0.1) is 9.20 Å². The maximum atomic E-state index is 14.0. The predicted molar refractivity (Wildman–Crippen MR) is 257 cm³/mol. The predicted octanol–water partition coefficient (Wildman–Crippen LogP) is 9.51. The highest BCUT2D eigenvalue weighted by molar-refractivity contribution is 8.30. The lowest BCUT2D eigenvalue weighted by molar-refractivity contribution is -0.137. The third-order valence-electron chi connectivity index (χ3n) is 11.1. The largest absolute Gasteiger partial charge is 0.481 e. The summed E-state index contributed by atoms with van der Waals surface area (Å²) in [6.07, 6.45) is 4.90. The molecule has 1 fully saturated rings. The van der Waals surface area contributed by atoms with Crippen LogP contribution in [-0.4, -0.2) is 41.9 Å². The van der Waals surface area contributed by atoms with Crippen molar-refractivity contribution in [1.82, 2.24) is 14.0 Å². The van der Waals surface area contributed by atoms with Crippen LogP contribution in [0.2, 0.25) is 0 Å². The number of rotatable bonds is 11. The summed E-state index contributed by atoms with van der Waals surface area (Å²) in [4.78, 5) is 58.9. The van der Waals surface area contributed by atoms with Crippen molar-refractivity contribution in [3.05, 3.63) is 122 Å². The van der Waals surface area contributed by atoms with E-state index in [0.29, 0.717) is 34.2 Å². The molecule has 1 saturated heterocycles. The molecule has 4 aromatic carbocycles. The molecule has 0 spiro atoms. The van der Waals surface area contributed by atoms with Gasteiger partial charge in [-0.25, -0.2) is 0 Å². The monoisotopic (exact) mass is 905 g/mol. The third-order valence-corrected chi connectivity index (χ3v) is 17.7. The van der Waals surface area contributed by atoms with Crippen molar-refractivity contribution in [3.63, 3.8) is 0 Å². The Morgan fingerprint density at radius 2 is 1.52 bits per heavy atom. The first-order chi connectivity index (χ1) is 29.0. The summed E-state index contributed by atoms with van der Waals surface area (Å²) < 4.78 is 5.37.